The number of carbonyl (C=O) groups excluding carboxylic acids is 1. The summed E-state index contributed by atoms with van der Waals surface area (Å²) in [7, 11) is 0. The Kier molecular flexibility index (Phi) is 5.51. The number of nitrogens with one attached hydrogen (secondary N) is 1. The summed E-state index contributed by atoms with van der Waals surface area (Å²) in [4.78, 5) is 30.0. The topological polar surface area (TPSA) is 76.3 Å². The number of hydrogen-bond acceptors (Lipinski definition) is 5. The quantitative estimate of drug-likeness (QED) is 0.426. The highest BCUT2D eigenvalue weighted by Crippen LogP contribution is 2.63. The second-order valence-corrected chi connectivity index (χ2v) is 10.2. The predicted molar refractivity (Wildman–Crippen MR) is 122 cm³/mol. The molecule has 4 rings (SSSR count). The van der Waals surface area contributed by atoms with Crippen molar-refractivity contribution in [2.45, 2.75) is 65.1 Å². The summed E-state index contributed by atoms with van der Waals surface area (Å²) in [5, 5.41) is 5.72. The molecule has 0 spiro atoms. The Bertz CT molecular complexity index is 1070. The summed E-state index contributed by atoms with van der Waals surface area (Å²) >= 11 is 1.29. The lowest BCUT2D eigenvalue weighted by Crippen LogP contribution is -2.34. The van der Waals surface area contributed by atoms with Crippen LogP contribution in [0.25, 0.3) is 10.9 Å². The molecule has 1 aromatic heterocycles. The summed E-state index contributed by atoms with van der Waals surface area (Å²) in [6.07, 6.45) is 4.18. The first-order valence-electron chi connectivity index (χ1n) is 10.8. The molecule has 2 aromatic rings. The number of hydrogen-bond donors (Lipinski definition) is 1. The van der Waals surface area contributed by atoms with E-state index in [1.54, 1.807) is 10.6 Å². The highest BCUT2D eigenvalue weighted by atomic mass is 32.2. The van der Waals surface area contributed by atoms with Crippen molar-refractivity contribution in [2.75, 3.05) is 5.75 Å². The molecule has 2 unspecified atom stereocenters. The van der Waals surface area contributed by atoms with E-state index >= 15 is 0 Å². The van der Waals surface area contributed by atoms with Crippen LogP contribution in [0.3, 0.4) is 0 Å². The Balaban J connectivity index is 1.48. The molecule has 2 aliphatic carbocycles. The first-order chi connectivity index (χ1) is 14.3. The van der Waals surface area contributed by atoms with E-state index in [1.807, 2.05) is 25.1 Å². The molecule has 2 aliphatic rings. The average Bonchev–Trinajstić information content (AvgIpc) is 3.06. The van der Waals surface area contributed by atoms with Crippen molar-refractivity contribution in [1.82, 2.24) is 15.0 Å². The van der Waals surface area contributed by atoms with Gasteiger partial charge in [0.05, 0.1) is 16.7 Å². The molecule has 0 radical (unpaired) electrons. The van der Waals surface area contributed by atoms with Crippen LogP contribution in [0, 0.1) is 16.7 Å². The van der Waals surface area contributed by atoms with Crippen LogP contribution < -0.4 is 11.0 Å². The molecule has 2 fully saturated rings. The van der Waals surface area contributed by atoms with Gasteiger partial charge in [-0.25, -0.2) is 10.4 Å². The van der Waals surface area contributed by atoms with Gasteiger partial charge < -0.3 is 0 Å². The van der Waals surface area contributed by atoms with Crippen molar-refractivity contribution in [2.24, 2.45) is 21.8 Å². The fourth-order valence-electron chi connectivity index (χ4n) is 5.07. The summed E-state index contributed by atoms with van der Waals surface area (Å²) in [5.74, 6) is 0.661. The Morgan fingerprint density at radius 1 is 1.33 bits per heavy atom. The van der Waals surface area contributed by atoms with Gasteiger partial charge in [-0.2, -0.15) is 5.10 Å². The molecule has 1 heterocycles. The third-order valence-electron chi connectivity index (χ3n) is 7.43. The molecule has 7 heteroatoms. The fraction of sp³-hybridized carbons (Fsp3) is 0.565. The van der Waals surface area contributed by atoms with Crippen molar-refractivity contribution >= 4 is 34.3 Å². The zero-order valence-corrected chi connectivity index (χ0v) is 19.0. The van der Waals surface area contributed by atoms with Crippen molar-refractivity contribution in [1.29, 1.82) is 0 Å². The number of aromatic nitrogens is 2. The van der Waals surface area contributed by atoms with Gasteiger partial charge in [0.1, 0.15) is 0 Å². The van der Waals surface area contributed by atoms with E-state index in [2.05, 4.69) is 36.3 Å². The maximum Gasteiger partial charge on any atom is 0.262 e. The summed E-state index contributed by atoms with van der Waals surface area (Å²) in [6.45, 7) is 9.53. The lowest BCUT2D eigenvalue weighted by atomic mass is 9.70. The van der Waals surface area contributed by atoms with Crippen LogP contribution >= 0.6 is 11.8 Å². The predicted octanol–water partition coefficient (Wildman–Crippen LogP) is 4.22. The third kappa shape index (κ3) is 3.37. The highest BCUT2D eigenvalue weighted by molar-refractivity contribution is 7.99. The molecule has 160 valence electrons. The smallest absolute Gasteiger partial charge is 0.262 e. The standard InChI is InChI=1S/C23H30N4O2S/c1-5-12-27-20(29)16-8-6-7-9-17(16)24-21(27)30-14-19(28)26-25-18-13-15-10-11-23(18,4)22(15,2)3/h6-9,15H,5,10-14H2,1-4H3,(H,26,28)/b25-18+. The molecule has 0 saturated heterocycles. The van der Waals surface area contributed by atoms with E-state index in [0.717, 1.165) is 25.0 Å². The molecule has 1 aromatic carbocycles. The van der Waals surface area contributed by atoms with Gasteiger partial charge >= 0.3 is 0 Å². The van der Waals surface area contributed by atoms with Crippen LogP contribution in [0.4, 0.5) is 0 Å². The Morgan fingerprint density at radius 2 is 2.10 bits per heavy atom. The minimum Gasteiger partial charge on any atom is -0.287 e. The number of amides is 1. The van der Waals surface area contributed by atoms with Crippen molar-refractivity contribution in [3.05, 3.63) is 34.6 Å². The zero-order chi connectivity index (χ0) is 21.5. The van der Waals surface area contributed by atoms with Gasteiger partial charge in [-0.3, -0.25) is 14.2 Å². The number of hydrazone groups is 1. The number of para-hydroxylation sites is 1. The highest BCUT2D eigenvalue weighted by Gasteiger charge is 2.60. The van der Waals surface area contributed by atoms with E-state index in [-0.39, 0.29) is 28.0 Å². The molecule has 6 nitrogen and oxygen atoms in total. The third-order valence-corrected chi connectivity index (χ3v) is 8.41. The van der Waals surface area contributed by atoms with Gasteiger partial charge in [-0.05, 0) is 49.1 Å². The van der Waals surface area contributed by atoms with Crippen LogP contribution in [0.15, 0.2) is 39.3 Å². The maximum atomic E-state index is 12.8. The minimum atomic E-state index is -0.165. The van der Waals surface area contributed by atoms with Crippen LogP contribution in [0.5, 0.6) is 0 Å². The van der Waals surface area contributed by atoms with Crippen molar-refractivity contribution in [3.8, 4) is 0 Å². The summed E-state index contributed by atoms with van der Waals surface area (Å²) in [6, 6.07) is 7.35. The molecule has 1 amide bonds. The number of nitrogens with zero attached hydrogens (tertiary/aromatic N) is 3. The van der Waals surface area contributed by atoms with Crippen LogP contribution in [-0.4, -0.2) is 26.9 Å². The Labute approximate surface area is 181 Å². The molecule has 0 aliphatic heterocycles. The van der Waals surface area contributed by atoms with Gasteiger partial charge in [0, 0.05) is 17.7 Å². The average molecular weight is 427 g/mol. The van der Waals surface area contributed by atoms with E-state index in [9.17, 15) is 9.59 Å². The van der Waals surface area contributed by atoms with E-state index < -0.39 is 0 Å². The summed E-state index contributed by atoms with van der Waals surface area (Å²) < 4.78 is 1.67. The number of benzene rings is 1. The van der Waals surface area contributed by atoms with E-state index in [0.29, 0.717) is 28.5 Å². The van der Waals surface area contributed by atoms with Crippen molar-refractivity contribution in [3.63, 3.8) is 0 Å². The first-order valence-corrected chi connectivity index (χ1v) is 11.7. The molecule has 2 bridgehead atoms. The molecular formula is C23H30N4O2S. The number of carbonyl (C=O) groups is 1. The number of thioether (sulfide) groups is 1. The number of rotatable bonds is 6. The fourth-order valence-corrected chi connectivity index (χ4v) is 5.89. The van der Waals surface area contributed by atoms with Gasteiger partial charge in [0.15, 0.2) is 5.16 Å². The first kappa shape index (κ1) is 21.1. The van der Waals surface area contributed by atoms with Gasteiger partial charge in [-0.15, -0.1) is 0 Å². The van der Waals surface area contributed by atoms with Gasteiger partial charge in [-0.1, -0.05) is 51.6 Å². The van der Waals surface area contributed by atoms with Gasteiger partial charge in [0.25, 0.3) is 11.5 Å². The Morgan fingerprint density at radius 3 is 2.77 bits per heavy atom. The van der Waals surface area contributed by atoms with Crippen LogP contribution in [0.1, 0.15) is 53.4 Å². The molecular weight excluding hydrogens is 396 g/mol. The van der Waals surface area contributed by atoms with Gasteiger partial charge in [0.2, 0.25) is 0 Å². The van der Waals surface area contributed by atoms with Crippen LogP contribution in [-0.2, 0) is 11.3 Å². The largest absolute Gasteiger partial charge is 0.287 e. The maximum absolute atomic E-state index is 12.8. The van der Waals surface area contributed by atoms with E-state index in [4.69, 9.17) is 0 Å². The van der Waals surface area contributed by atoms with Crippen LogP contribution in [0.2, 0.25) is 0 Å². The second kappa shape index (κ2) is 7.84. The zero-order valence-electron chi connectivity index (χ0n) is 18.2. The molecule has 1 N–H and O–H groups in total. The normalized spacial score (nSPS) is 25.9. The molecule has 30 heavy (non-hydrogen) atoms. The molecule has 2 atom stereocenters. The number of fused-ring (bicyclic) bond motifs is 3. The van der Waals surface area contributed by atoms with E-state index in [1.165, 1.54) is 18.2 Å². The molecule has 2 saturated carbocycles. The monoisotopic (exact) mass is 426 g/mol. The minimum absolute atomic E-state index is 0.0530. The summed E-state index contributed by atoms with van der Waals surface area (Å²) in [5.41, 5.74) is 4.79. The Hall–Kier alpha value is -2.15. The SMILES string of the molecule is CCCn1c(SCC(=O)N/N=C2\CC3CCC2(C)C3(C)C)nc2ccccc2c1=O. The lowest BCUT2D eigenvalue weighted by Gasteiger charge is -2.34. The second-order valence-electron chi connectivity index (χ2n) is 9.24. The lowest BCUT2D eigenvalue weighted by molar-refractivity contribution is -0.118. The van der Waals surface area contributed by atoms with Crippen molar-refractivity contribution < 1.29 is 4.79 Å².